The number of rotatable bonds is 4. The van der Waals surface area contributed by atoms with Gasteiger partial charge in [-0.15, -0.1) is 0 Å². The predicted molar refractivity (Wildman–Crippen MR) is 108 cm³/mol. The quantitative estimate of drug-likeness (QED) is 0.515. The molecule has 0 saturated heterocycles. The maximum atomic E-state index is 12.8. The Kier molecular flexibility index (Phi) is 5.24. The Morgan fingerprint density at radius 1 is 1.10 bits per heavy atom. The highest BCUT2D eigenvalue weighted by molar-refractivity contribution is 6.30. The van der Waals surface area contributed by atoms with Crippen LogP contribution in [0.3, 0.4) is 0 Å². The number of aromatic nitrogens is 4. The van der Waals surface area contributed by atoms with Gasteiger partial charge in [0, 0.05) is 16.3 Å². The molecule has 0 fully saturated rings. The summed E-state index contributed by atoms with van der Waals surface area (Å²) in [6.45, 7) is -0.479. The molecule has 0 aliphatic rings. The first-order valence-corrected chi connectivity index (χ1v) is 9.27. The number of carbonyl (C=O) groups excluding carboxylic acids is 1. The third-order valence-corrected chi connectivity index (χ3v) is 4.65. The first kappa shape index (κ1) is 20.6. The minimum absolute atomic E-state index is 0.0386. The highest BCUT2D eigenvalue weighted by atomic mass is 35.5. The minimum Gasteiger partial charge on any atom is -0.324 e. The zero-order valence-corrected chi connectivity index (χ0v) is 16.4. The number of hydrogen-bond acceptors (Lipinski definition) is 4. The second-order valence-electron chi connectivity index (χ2n) is 6.59. The van der Waals surface area contributed by atoms with E-state index in [-0.39, 0.29) is 11.2 Å². The lowest BCUT2D eigenvalue weighted by atomic mass is 10.1. The highest BCUT2D eigenvalue weighted by Gasteiger charge is 2.30. The molecular formula is C20H13ClF3N5O2. The van der Waals surface area contributed by atoms with Crippen LogP contribution in [0.1, 0.15) is 5.56 Å². The molecule has 11 heteroatoms. The zero-order chi connectivity index (χ0) is 22.2. The predicted octanol–water partition coefficient (Wildman–Crippen LogP) is 3.87. The van der Waals surface area contributed by atoms with Gasteiger partial charge in [-0.1, -0.05) is 29.8 Å². The minimum atomic E-state index is -4.53. The molecule has 1 N–H and O–H groups in total. The molecule has 0 aliphatic carbocycles. The number of amides is 1. The lowest BCUT2D eigenvalue weighted by Gasteiger charge is -2.10. The molecule has 158 valence electrons. The van der Waals surface area contributed by atoms with Crippen molar-refractivity contribution in [3.63, 3.8) is 0 Å². The second-order valence-corrected chi connectivity index (χ2v) is 7.02. The van der Waals surface area contributed by atoms with Crippen molar-refractivity contribution in [2.24, 2.45) is 0 Å². The molecule has 2 aromatic carbocycles. The molecule has 0 aliphatic heterocycles. The van der Waals surface area contributed by atoms with E-state index in [0.29, 0.717) is 10.7 Å². The molecule has 0 spiro atoms. The van der Waals surface area contributed by atoms with Crippen LogP contribution in [-0.2, 0) is 17.5 Å². The molecule has 0 saturated carbocycles. The molecule has 0 bridgehead atoms. The van der Waals surface area contributed by atoms with Gasteiger partial charge in [0.25, 0.3) is 5.56 Å². The Hall–Kier alpha value is -3.66. The van der Waals surface area contributed by atoms with Gasteiger partial charge in [-0.25, -0.2) is 9.20 Å². The molecule has 4 aromatic rings. The number of nitrogens with one attached hydrogen (secondary N) is 1. The standard InChI is InChI=1S/C20H13ClF3N5O2/c21-14-6-4-12(5-7-14)16-9-17-19(31)28(25-11-29(17)27-16)10-18(30)26-15-3-1-2-13(8-15)20(22,23)24/h1-9,11H,10H2,(H,26,30). The Morgan fingerprint density at radius 2 is 1.84 bits per heavy atom. The zero-order valence-electron chi connectivity index (χ0n) is 15.6. The number of hydrogen-bond donors (Lipinski definition) is 1. The monoisotopic (exact) mass is 447 g/mol. The summed E-state index contributed by atoms with van der Waals surface area (Å²) < 4.78 is 40.6. The summed E-state index contributed by atoms with van der Waals surface area (Å²) in [4.78, 5) is 25.0. The van der Waals surface area contributed by atoms with Crippen molar-refractivity contribution < 1.29 is 18.0 Å². The summed E-state index contributed by atoms with van der Waals surface area (Å²) in [6.07, 6.45) is -3.26. The van der Waals surface area contributed by atoms with Crippen LogP contribution in [-0.4, -0.2) is 25.3 Å². The molecule has 1 amide bonds. The van der Waals surface area contributed by atoms with E-state index in [1.165, 1.54) is 23.0 Å². The van der Waals surface area contributed by atoms with Crippen LogP contribution in [0.25, 0.3) is 16.8 Å². The summed E-state index contributed by atoms with van der Waals surface area (Å²) in [5.41, 5.74) is -0.0661. The van der Waals surface area contributed by atoms with E-state index in [2.05, 4.69) is 15.5 Å². The van der Waals surface area contributed by atoms with Crippen LogP contribution >= 0.6 is 11.6 Å². The topological polar surface area (TPSA) is 81.3 Å². The lowest BCUT2D eigenvalue weighted by molar-refractivity contribution is -0.137. The number of carbonyl (C=O) groups is 1. The molecule has 2 heterocycles. The molecule has 4 rings (SSSR count). The Labute approximate surface area is 177 Å². The van der Waals surface area contributed by atoms with Gasteiger partial charge in [0.05, 0.1) is 11.3 Å². The van der Waals surface area contributed by atoms with E-state index >= 15 is 0 Å². The number of fused-ring (bicyclic) bond motifs is 1. The summed E-state index contributed by atoms with van der Waals surface area (Å²) in [7, 11) is 0. The molecule has 0 atom stereocenters. The Balaban J connectivity index is 1.56. The lowest BCUT2D eigenvalue weighted by Crippen LogP contribution is -2.30. The van der Waals surface area contributed by atoms with Crippen LogP contribution in [0, 0.1) is 0 Å². The van der Waals surface area contributed by atoms with Gasteiger partial charge in [-0.3, -0.25) is 9.59 Å². The van der Waals surface area contributed by atoms with Gasteiger partial charge in [-0.2, -0.15) is 23.4 Å². The van der Waals surface area contributed by atoms with Crippen LogP contribution in [0.4, 0.5) is 18.9 Å². The SMILES string of the molecule is O=C(Cn1ncn2nc(-c3ccc(Cl)cc3)cc2c1=O)Nc1cccc(C(F)(F)F)c1. The molecular weight excluding hydrogens is 435 g/mol. The summed E-state index contributed by atoms with van der Waals surface area (Å²) in [5.74, 6) is -0.698. The first-order valence-electron chi connectivity index (χ1n) is 8.89. The van der Waals surface area contributed by atoms with Crippen LogP contribution in [0.2, 0.25) is 5.02 Å². The van der Waals surface area contributed by atoms with Crippen molar-refractivity contribution in [1.82, 2.24) is 19.4 Å². The van der Waals surface area contributed by atoms with Gasteiger partial charge < -0.3 is 5.32 Å². The smallest absolute Gasteiger partial charge is 0.324 e. The molecule has 2 aromatic heterocycles. The maximum Gasteiger partial charge on any atom is 0.416 e. The second kappa shape index (κ2) is 7.88. The van der Waals surface area contributed by atoms with Gasteiger partial charge in [0.15, 0.2) is 0 Å². The van der Waals surface area contributed by atoms with Crippen molar-refractivity contribution in [2.75, 3.05) is 5.32 Å². The van der Waals surface area contributed by atoms with Crippen molar-refractivity contribution in [3.8, 4) is 11.3 Å². The average molecular weight is 448 g/mol. The van der Waals surface area contributed by atoms with E-state index in [9.17, 15) is 22.8 Å². The summed E-state index contributed by atoms with van der Waals surface area (Å²) >= 11 is 5.88. The molecule has 0 radical (unpaired) electrons. The summed E-state index contributed by atoms with van der Waals surface area (Å²) in [6, 6.07) is 12.6. The normalized spacial score (nSPS) is 11.6. The van der Waals surface area contributed by atoms with Crippen molar-refractivity contribution in [2.45, 2.75) is 12.7 Å². The third-order valence-electron chi connectivity index (χ3n) is 4.40. The Bertz CT molecular complexity index is 1330. The van der Waals surface area contributed by atoms with Gasteiger partial charge in [-0.05, 0) is 36.4 Å². The van der Waals surface area contributed by atoms with Crippen molar-refractivity contribution >= 4 is 28.7 Å². The fourth-order valence-electron chi connectivity index (χ4n) is 2.92. The van der Waals surface area contributed by atoms with Crippen molar-refractivity contribution in [1.29, 1.82) is 0 Å². The van der Waals surface area contributed by atoms with E-state index < -0.39 is 29.8 Å². The van der Waals surface area contributed by atoms with Gasteiger partial charge in [0.2, 0.25) is 5.91 Å². The third kappa shape index (κ3) is 4.43. The summed E-state index contributed by atoms with van der Waals surface area (Å²) in [5, 5.41) is 11.1. The van der Waals surface area contributed by atoms with Crippen LogP contribution in [0.15, 0.2) is 65.7 Å². The highest BCUT2D eigenvalue weighted by Crippen LogP contribution is 2.30. The fraction of sp³-hybridized carbons (Fsp3) is 0.100. The van der Waals surface area contributed by atoms with E-state index in [1.807, 2.05) is 0 Å². The Morgan fingerprint density at radius 3 is 2.55 bits per heavy atom. The first-order chi connectivity index (χ1) is 14.7. The van der Waals surface area contributed by atoms with Gasteiger partial charge >= 0.3 is 6.18 Å². The van der Waals surface area contributed by atoms with Crippen LogP contribution < -0.4 is 10.9 Å². The van der Waals surface area contributed by atoms with Gasteiger partial charge in [0.1, 0.15) is 18.4 Å². The van der Waals surface area contributed by atoms with E-state index in [4.69, 9.17) is 11.6 Å². The molecule has 0 unspecified atom stereocenters. The average Bonchev–Trinajstić information content (AvgIpc) is 3.15. The fourth-order valence-corrected chi connectivity index (χ4v) is 3.05. The number of nitrogens with zero attached hydrogens (tertiary/aromatic N) is 4. The molecule has 7 nitrogen and oxygen atoms in total. The number of benzene rings is 2. The molecule has 31 heavy (non-hydrogen) atoms. The number of alkyl halides is 3. The van der Waals surface area contributed by atoms with Crippen molar-refractivity contribution in [3.05, 3.63) is 81.9 Å². The van der Waals surface area contributed by atoms with Crippen LogP contribution in [0.5, 0.6) is 0 Å². The number of halogens is 4. The number of anilines is 1. The maximum absolute atomic E-state index is 12.8. The van der Waals surface area contributed by atoms with E-state index in [0.717, 1.165) is 22.4 Å². The van der Waals surface area contributed by atoms with E-state index in [1.54, 1.807) is 30.3 Å². The largest absolute Gasteiger partial charge is 0.416 e.